The molecule has 0 radical (unpaired) electrons. The van der Waals surface area contributed by atoms with E-state index in [9.17, 15) is 4.79 Å². The molecule has 1 saturated carbocycles. The number of carbonyl (C=O) groups is 1. The molecule has 21 heavy (non-hydrogen) atoms. The number of hydrogen-bond donors (Lipinski definition) is 2. The Hall–Kier alpha value is -2.68. The average Bonchev–Trinajstić information content (AvgIpc) is 3.12. The van der Waals surface area contributed by atoms with Crippen molar-refractivity contribution >= 4 is 11.9 Å². The van der Waals surface area contributed by atoms with E-state index < -0.39 is 0 Å². The molecular formula is C15H17N3O3. The minimum Gasteiger partial charge on any atom is -0.454 e. The zero-order chi connectivity index (χ0) is 15.6. The Morgan fingerprint density at radius 1 is 1.29 bits per heavy atom. The molecule has 3 rings (SSSR count). The van der Waals surface area contributed by atoms with Crippen molar-refractivity contribution in [1.29, 1.82) is 0 Å². The predicted octanol–water partition coefficient (Wildman–Crippen LogP) is 0.877. The number of rotatable bonds is 2. The minimum absolute atomic E-state index is 0.124. The summed E-state index contributed by atoms with van der Waals surface area (Å²) in [5.74, 6) is 1.11. The van der Waals surface area contributed by atoms with Crippen LogP contribution in [0.4, 0.5) is 0 Å². The zero-order valence-corrected chi connectivity index (χ0v) is 11.7. The average molecular weight is 287 g/mol. The molecule has 0 bridgehead atoms. The summed E-state index contributed by atoms with van der Waals surface area (Å²) in [6.07, 6.45) is 8.77. The number of guanidine groups is 1. The third kappa shape index (κ3) is 2.92. The fourth-order valence-corrected chi connectivity index (χ4v) is 2.48. The minimum atomic E-state index is -0.248. The smallest absolute Gasteiger partial charge is 0.252 e. The van der Waals surface area contributed by atoms with E-state index in [2.05, 4.69) is 17.8 Å². The molecule has 2 atom stereocenters. The number of benzene rings is 1. The van der Waals surface area contributed by atoms with Crippen molar-refractivity contribution < 1.29 is 14.3 Å². The number of aryl methyl sites for hydroxylation is 1. The van der Waals surface area contributed by atoms with E-state index >= 15 is 0 Å². The van der Waals surface area contributed by atoms with E-state index in [1.807, 2.05) is 19.1 Å². The van der Waals surface area contributed by atoms with Gasteiger partial charge in [-0.15, -0.1) is 12.8 Å². The summed E-state index contributed by atoms with van der Waals surface area (Å²) in [5.41, 5.74) is 12.6. The lowest BCUT2D eigenvalue weighted by Gasteiger charge is -2.06. The molecule has 1 aliphatic heterocycles. The van der Waals surface area contributed by atoms with Crippen LogP contribution in [0.25, 0.3) is 0 Å². The van der Waals surface area contributed by atoms with Gasteiger partial charge in [0.2, 0.25) is 6.79 Å². The number of ether oxygens (including phenoxy) is 2. The summed E-state index contributed by atoms with van der Waals surface area (Å²) in [5, 5.41) is 0. The molecule has 6 nitrogen and oxygen atoms in total. The molecule has 0 spiro atoms. The third-order valence-electron chi connectivity index (χ3n) is 3.51. The maximum Gasteiger partial charge on any atom is 0.252 e. The van der Waals surface area contributed by atoms with Crippen LogP contribution in [0.5, 0.6) is 11.5 Å². The van der Waals surface area contributed by atoms with Gasteiger partial charge >= 0.3 is 0 Å². The molecule has 1 aromatic carbocycles. The molecule has 0 aromatic heterocycles. The first-order valence-corrected chi connectivity index (χ1v) is 6.43. The SMILES string of the molecule is C#C.Cc1cc2c(cc1C1CC1C(=O)N=C(N)N)OCO2. The van der Waals surface area contributed by atoms with Crippen LogP contribution in [-0.2, 0) is 4.79 Å². The van der Waals surface area contributed by atoms with Gasteiger partial charge in [-0.3, -0.25) is 4.79 Å². The van der Waals surface area contributed by atoms with Crippen molar-refractivity contribution in [2.45, 2.75) is 19.3 Å². The summed E-state index contributed by atoms with van der Waals surface area (Å²) in [6.45, 7) is 2.25. The Morgan fingerprint density at radius 2 is 1.90 bits per heavy atom. The molecular weight excluding hydrogens is 270 g/mol. The molecule has 6 heteroatoms. The Labute approximate surface area is 123 Å². The van der Waals surface area contributed by atoms with Gasteiger partial charge in [-0.1, -0.05) is 0 Å². The van der Waals surface area contributed by atoms with Gasteiger partial charge < -0.3 is 20.9 Å². The summed E-state index contributed by atoms with van der Waals surface area (Å²) >= 11 is 0. The number of amides is 1. The van der Waals surface area contributed by atoms with E-state index in [0.717, 1.165) is 29.0 Å². The van der Waals surface area contributed by atoms with Crippen LogP contribution in [0.15, 0.2) is 17.1 Å². The van der Waals surface area contributed by atoms with Crippen LogP contribution in [0.3, 0.4) is 0 Å². The molecule has 4 N–H and O–H groups in total. The van der Waals surface area contributed by atoms with E-state index in [0.29, 0.717) is 0 Å². The lowest BCUT2D eigenvalue weighted by Crippen LogP contribution is -2.24. The first kappa shape index (κ1) is 14.7. The first-order chi connectivity index (χ1) is 10.1. The number of hydrogen-bond acceptors (Lipinski definition) is 3. The van der Waals surface area contributed by atoms with Crippen molar-refractivity contribution in [3.8, 4) is 24.3 Å². The van der Waals surface area contributed by atoms with Gasteiger partial charge in [0.05, 0.1) is 0 Å². The van der Waals surface area contributed by atoms with Gasteiger partial charge in [0.1, 0.15) is 0 Å². The lowest BCUT2D eigenvalue weighted by atomic mass is 10.0. The highest BCUT2D eigenvalue weighted by Gasteiger charge is 2.45. The lowest BCUT2D eigenvalue weighted by molar-refractivity contribution is -0.119. The summed E-state index contributed by atoms with van der Waals surface area (Å²) in [7, 11) is 0. The normalized spacial score (nSPS) is 20.9. The number of nitrogens with two attached hydrogens (primary N) is 2. The van der Waals surface area contributed by atoms with Gasteiger partial charge in [-0.05, 0) is 42.5 Å². The fourth-order valence-electron chi connectivity index (χ4n) is 2.48. The van der Waals surface area contributed by atoms with Crippen LogP contribution in [0.1, 0.15) is 23.5 Å². The third-order valence-corrected chi connectivity index (χ3v) is 3.51. The summed E-state index contributed by atoms with van der Waals surface area (Å²) in [4.78, 5) is 15.3. The van der Waals surface area contributed by atoms with E-state index in [1.54, 1.807) is 0 Å². The van der Waals surface area contributed by atoms with Crippen molar-refractivity contribution in [3.63, 3.8) is 0 Å². The van der Waals surface area contributed by atoms with Gasteiger partial charge in [-0.2, -0.15) is 4.99 Å². The molecule has 1 fully saturated rings. The second kappa shape index (κ2) is 5.75. The Bertz CT molecular complexity index is 618. The Balaban J connectivity index is 0.000000774. The predicted molar refractivity (Wildman–Crippen MR) is 78.9 cm³/mol. The van der Waals surface area contributed by atoms with E-state index in [1.165, 1.54) is 0 Å². The quantitative estimate of drug-likeness (QED) is 0.478. The highest BCUT2D eigenvalue weighted by Crippen LogP contribution is 2.51. The highest BCUT2D eigenvalue weighted by atomic mass is 16.7. The van der Waals surface area contributed by atoms with Crippen LogP contribution >= 0.6 is 0 Å². The van der Waals surface area contributed by atoms with Gasteiger partial charge in [0.25, 0.3) is 5.91 Å². The molecule has 2 unspecified atom stereocenters. The van der Waals surface area contributed by atoms with Crippen LogP contribution < -0.4 is 20.9 Å². The first-order valence-electron chi connectivity index (χ1n) is 6.43. The van der Waals surface area contributed by atoms with Crippen LogP contribution in [-0.4, -0.2) is 18.7 Å². The van der Waals surface area contributed by atoms with Crippen molar-refractivity contribution in [2.75, 3.05) is 6.79 Å². The van der Waals surface area contributed by atoms with Gasteiger partial charge in [0.15, 0.2) is 17.5 Å². The fraction of sp³-hybridized carbons (Fsp3) is 0.333. The van der Waals surface area contributed by atoms with Crippen molar-refractivity contribution in [3.05, 3.63) is 23.3 Å². The standard InChI is InChI=1S/C13H15N3O3.C2H2/c1-6-2-10-11(19-5-18-10)4-7(6)8-3-9(8)12(17)16-13(14)15;1-2/h2,4,8-9H,3,5H2,1H3,(H4,14,15,16,17);1-2H. The van der Waals surface area contributed by atoms with Crippen LogP contribution in [0, 0.1) is 25.7 Å². The summed E-state index contributed by atoms with van der Waals surface area (Å²) in [6, 6.07) is 3.89. The molecule has 0 saturated heterocycles. The van der Waals surface area contributed by atoms with Gasteiger partial charge in [-0.25, -0.2) is 0 Å². The monoisotopic (exact) mass is 287 g/mol. The van der Waals surface area contributed by atoms with Crippen molar-refractivity contribution in [2.24, 2.45) is 22.4 Å². The maximum absolute atomic E-state index is 11.7. The highest BCUT2D eigenvalue weighted by molar-refractivity contribution is 5.94. The number of fused-ring (bicyclic) bond motifs is 1. The molecule has 1 amide bonds. The number of aliphatic imine (C=N–C) groups is 1. The number of terminal acetylenes is 1. The Kier molecular flexibility index (Phi) is 4.03. The second-order valence-corrected chi connectivity index (χ2v) is 4.89. The van der Waals surface area contributed by atoms with Crippen molar-refractivity contribution in [1.82, 2.24) is 0 Å². The molecule has 110 valence electrons. The molecule has 1 aliphatic carbocycles. The number of carbonyl (C=O) groups excluding carboxylic acids is 1. The van der Waals surface area contributed by atoms with E-state index in [-0.39, 0.29) is 30.5 Å². The largest absolute Gasteiger partial charge is 0.454 e. The Morgan fingerprint density at radius 3 is 2.52 bits per heavy atom. The number of nitrogens with zero attached hydrogens (tertiary/aromatic N) is 1. The maximum atomic E-state index is 11.7. The molecule has 1 aromatic rings. The zero-order valence-electron chi connectivity index (χ0n) is 11.7. The second-order valence-electron chi connectivity index (χ2n) is 4.89. The van der Waals surface area contributed by atoms with E-state index in [4.69, 9.17) is 20.9 Å². The van der Waals surface area contributed by atoms with Gasteiger partial charge in [0, 0.05) is 5.92 Å². The topological polar surface area (TPSA) is 99.9 Å². The summed E-state index contributed by atoms with van der Waals surface area (Å²) < 4.78 is 10.7. The van der Waals surface area contributed by atoms with Crippen LogP contribution in [0.2, 0.25) is 0 Å². The molecule has 2 aliphatic rings. The molecule has 1 heterocycles.